The van der Waals surface area contributed by atoms with E-state index in [2.05, 4.69) is 24.1 Å². The number of esters is 1. The summed E-state index contributed by atoms with van der Waals surface area (Å²) in [4.78, 5) is 23.3. The molecule has 7 heteroatoms. The normalized spacial score (nSPS) is 20.0. The Kier molecular flexibility index (Phi) is 6.03. The molecule has 158 valence electrons. The summed E-state index contributed by atoms with van der Waals surface area (Å²) >= 11 is 0. The highest BCUT2D eigenvalue weighted by Crippen LogP contribution is 2.47. The van der Waals surface area contributed by atoms with Crippen LogP contribution >= 0.6 is 0 Å². The van der Waals surface area contributed by atoms with E-state index < -0.39 is 17.5 Å². The average Bonchev–Trinajstić information content (AvgIpc) is 2.70. The van der Waals surface area contributed by atoms with Crippen molar-refractivity contribution >= 4 is 23.3 Å². The van der Waals surface area contributed by atoms with Crippen molar-refractivity contribution in [1.29, 1.82) is 0 Å². The summed E-state index contributed by atoms with van der Waals surface area (Å²) in [5.74, 6) is -1.79. The number of carboxylic acid groups (broad SMARTS) is 1. The molecule has 1 unspecified atom stereocenters. The van der Waals surface area contributed by atoms with Crippen molar-refractivity contribution in [2.45, 2.75) is 51.0 Å². The Labute approximate surface area is 175 Å². The monoisotopic (exact) mass is 409 g/mol. The fourth-order valence-corrected chi connectivity index (χ4v) is 3.84. The SMILES string of the molecule is CCOC(=O)CC1(O)CCC(C)(C)c2ccc(N=Nc3ccccc3C(=O)[O-])cc21. The van der Waals surface area contributed by atoms with E-state index in [-0.39, 0.29) is 29.7 Å². The second-order valence-corrected chi connectivity index (χ2v) is 8.13. The maximum absolute atomic E-state index is 12.1. The lowest BCUT2D eigenvalue weighted by Crippen LogP contribution is -2.39. The topological polar surface area (TPSA) is 111 Å². The average molecular weight is 409 g/mol. The standard InChI is InChI=1S/C23H26N2O5/c1-4-30-20(26)14-23(29)12-11-22(2,3)17-10-9-15(13-18(17)23)24-25-19-8-6-5-7-16(19)21(27)28/h5-10,13,29H,4,11-12,14H2,1-3H3,(H,27,28)/p-1. The van der Waals surface area contributed by atoms with Gasteiger partial charge in [-0.15, -0.1) is 5.11 Å². The predicted molar refractivity (Wildman–Crippen MR) is 109 cm³/mol. The molecule has 1 aliphatic rings. The zero-order chi connectivity index (χ0) is 21.9. The highest BCUT2D eigenvalue weighted by Gasteiger charge is 2.43. The van der Waals surface area contributed by atoms with Crippen LogP contribution in [0.5, 0.6) is 0 Å². The second kappa shape index (κ2) is 8.36. The third kappa shape index (κ3) is 4.41. The molecule has 3 rings (SSSR count). The predicted octanol–water partition coefficient (Wildman–Crippen LogP) is 3.68. The van der Waals surface area contributed by atoms with Gasteiger partial charge in [0.05, 0.1) is 30.4 Å². The minimum atomic E-state index is -1.36. The summed E-state index contributed by atoms with van der Waals surface area (Å²) in [6.45, 7) is 6.16. The Morgan fingerprint density at radius 3 is 2.53 bits per heavy atom. The third-order valence-corrected chi connectivity index (χ3v) is 5.54. The van der Waals surface area contributed by atoms with Crippen LogP contribution in [0.2, 0.25) is 0 Å². The molecule has 0 spiro atoms. The van der Waals surface area contributed by atoms with E-state index in [1.54, 1.807) is 31.2 Å². The number of fused-ring (bicyclic) bond motifs is 1. The first-order valence-electron chi connectivity index (χ1n) is 9.91. The Morgan fingerprint density at radius 2 is 1.83 bits per heavy atom. The van der Waals surface area contributed by atoms with Crippen LogP contribution in [0.1, 0.15) is 61.5 Å². The lowest BCUT2D eigenvalue weighted by atomic mass is 9.66. The molecule has 0 radical (unpaired) electrons. The zero-order valence-electron chi connectivity index (χ0n) is 17.3. The second-order valence-electron chi connectivity index (χ2n) is 8.13. The molecule has 7 nitrogen and oxygen atoms in total. The van der Waals surface area contributed by atoms with Crippen molar-refractivity contribution in [2.75, 3.05) is 6.61 Å². The molecule has 1 N–H and O–H groups in total. The number of aliphatic hydroxyl groups is 1. The van der Waals surface area contributed by atoms with Gasteiger partial charge in [-0.2, -0.15) is 5.11 Å². The van der Waals surface area contributed by atoms with Crippen molar-refractivity contribution in [2.24, 2.45) is 10.2 Å². The summed E-state index contributed by atoms with van der Waals surface area (Å²) in [6, 6.07) is 11.5. The molecule has 0 fully saturated rings. The van der Waals surface area contributed by atoms with Crippen LogP contribution in [-0.2, 0) is 20.5 Å². The molecular weight excluding hydrogens is 384 g/mol. The molecule has 1 aliphatic carbocycles. The van der Waals surface area contributed by atoms with Crippen LogP contribution in [0.25, 0.3) is 0 Å². The molecule has 0 saturated carbocycles. The molecule has 0 bridgehead atoms. The van der Waals surface area contributed by atoms with Crippen molar-refractivity contribution in [3.63, 3.8) is 0 Å². The molecular formula is C23H25N2O5-. The van der Waals surface area contributed by atoms with E-state index in [0.717, 1.165) is 12.0 Å². The summed E-state index contributed by atoms with van der Waals surface area (Å²) in [6.07, 6.45) is 0.994. The fourth-order valence-electron chi connectivity index (χ4n) is 3.84. The van der Waals surface area contributed by atoms with Crippen LogP contribution in [0.3, 0.4) is 0 Å². The van der Waals surface area contributed by atoms with Crippen LogP contribution in [0, 0.1) is 0 Å². The van der Waals surface area contributed by atoms with Gasteiger partial charge in [-0.3, -0.25) is 4.79 Å². The van der Waals surface area contributed by atoms with Crippen molar-refractivity contribution < 1.29 is 24.5 Å². The number of hydrogen-bond donors (Lipinski definition) is 1. The summed E-state index contributed by atoms with van der Waals surface area (Å²) in [7, 11) is 0. The van der Waals surface area contributed by atoms with Crippen molar-refractivity contribution in [3.8, 4) is 0 Å². The molecule has 0 aromatic heterocycles. The third-order valence-electron chi connectivity index (χ3n) is 5.54. The Balaban J connectivity index is 2.00. The Bertz CT molecular complexity index is 999. The lowest BCUT2D eigenvalue weighted by Gasteiger charge is -2.42. The number of hydrogen-bond acceptors (Lipinski definition) is 7. The molecule has 0 heterocycles. The van der Waals surface area contributed by atoms with Gasteiger partial charge in [-0.05, 0) is 54.5 Å². The first-order chi connectivity index (χ1) is 14.2. The van der Waals surface area contributed by atoms with Gasteiger partial charge >= 0.3 is 5.97 Å². The van der Waals surface area contributed by atoms with E-state index in [4.69, 9.17) is 4.74 Å². The van der Waals surface area contributed by atoms with Crippen LogP contribution < -0.4 is 5.11 Å². The van der Waals surface area contributed by atoms with E-state index in [1.165, 1.54) is 12.1 Å². The van der Waals surface area contributed by atoms with E-state index in [0.29, 0.717) is 17.7 Å². The highest BCUT2D eigenvalue weighted by molar-refractivity contribution is 5.91. The number of benzene rings is 2. The minimum Gasteiger partial charge on any atom is -0.545 e. The highest BCUT2D eigenvalue weighted by atomic mass is 16.5. The molecule has 0 amide bonds. The van der Waals surface area contributed by atoms with Gasteiger partial charge in [-0.1, -0.05) is 38.1 Å². The first kappa shape index (κ1) is 21.6. The molecule has 1 atom stereocenters. The van der Waals surface area contributed by atoms with Crippen molar-refractivity contribution in [3.05, 3.63) is 59.2 Å². The first-order valence-corrected chi connectivity index (χ1v) is 9.91. The Hall–Kier alpha value is -3.06. The van der Waals surface area contributed by atoms with Gasteiger partial charge in [0.2, 0.25) is 0 Å². The van der Waals surface area contributed by atoms with Crippen LogP contribution in [0.4, 0.5) is 11.4 Å². The summed E-state index contributed by atoms with van der Waals surface area (Å²) < 4.78 is 5.05. The molecule has 0 aliphatic heterocycles. The smallest absolute Gasteiger partial charge is 0.309 e. The van der Waals surface area contributed by atoms with Gasteiger partial charge in [-0.25, -0.2) is 0 Å². The number of carbonyl (C=O) groups excluding carboxylic acids is 2. The minimum absolute atomic E-state index is 0.0563. The largest absolute Gasteiger partial charge is 0.545 e. The number of azo groups is 1. The molecule has 2 aromatic rings. The summed E-state index contributed by atoms with van der Waals surface area (Å²) in [5, 5.41) is 30.8. The lowest BCUT2D eigenvalue weighted by molar-refractivity contribution is -0.254. The van der Waals surface area contributed by atoms with Gasteiger partial charge < -0.3 is 19.7 Å². The number of carbonyl (C=O) groups is 2. The van der Waals surface area contributed by atoms with E-state index >= 15 is 0 Å². The van der Waals surface area contributed by atoms with Gasteiger partial charge in [0.25, 0.3) is 0 Å². The maximum atomic E-state index is 12.1. The maximum Gasteiger partial charge on any atom is 0.309 e. The molecule has 30 heavy (non-hydrogen) atoms. The van der Waals surface area contributed by atoms with Crippen molar-refractivity contribution in [1.82, 2.24) is 0 Å². The number of carboxylic acids is 1. The molecule has 0 saturated heterocycles. The fraction of sp³-hybridized carbons (Fsp3) is 0.391. The van der Waals surface area contributed by atoms with Crippen LogP contribution in [-0.4, -0.2) is 23.7 Å². The number of ether oxygens (including phenoxy) is 1. The quantitative estimate of drug-likeness (QED) is 0.578. The molecule has 2 aromatic carbocycles. The Morgan fingerprint density at radius 1 is 1.10 bits per heavy atom. The summed E-state index contributed by atoms with van der Waals surface area (Å²) in [5.41, 5.74) is 0.600. The number of nitrogens with zero attached hydrogens (tertiary/aromatic N) is 2. The van der Waals surface area contributed by atoms with E-state index in [1.807, 2.05) is 6.07 Å². The van der Waals surface area contributed by atoms with Crippen LogP contribution in [0.15, 0.2) is 52.7 Å². The van der Waals surface area contributed by atoms with E-state index in [9.17, 15) is 19.8 Å². The zero-order valence-corrected chi connectivity index (χ0v) is 17.3. The van der Waals surface area contributed by atoms with Gasteiger partial charge in [0.1, 0.15) is 5.60 Å². The van der Waals surface area contributed by atoms with Gasteiger partial charge in [0.15, 0.2) is 0 Å². The number of rotatable bonds is 6. The van der Waals surface area contributed by atoms with Gasteiger partial charge in [0, 0.05) is 5.56 Å². The number of aromatic carboxylic acids is 1.